The van der Waals surface area contributed by atoms with E-state index in [-0.39, 0.29) is 30.8 Å². The van der Waals surface area contributed by atoms with Gasteiger partial charge in [0.25, 0.3) is 11.8 Å². The zero-order valence-electron chi connectivity index (χ0n) is 26.5. The molecule has 2 heterocycles. The van der Waals surface area contributed by atoms with Gasteiger partial charge in [-0.15, -0.1) is 5.06 Å². The van der Waals surface area contributed by atoms with Gasteiger partial charge in [0.1, 0.15) is 23.2 Å². The van der Waals surface area contributed by atoms with Gasteiger partial charge in [-0.1, -0.05) is 70.2 Å². The molecule has 10 nitrogen and oxygen atoms in total. The van der Waals surface area contributed by atoms with Gasteiger partial charge in [0.05, 0.1) is 5.56 Å². The first-order valence-corrected chi connectivity index (χ1v) is 14.9. The minimum atomic E-state index is -1.13. The maximum absolute atomic E-state index is 13.6. The van der Waals surface area contributed by atoms with Crippen molar-refractivity contribution in [3.05, 3.63) is 76.9 Å². The molecule has 0 aliphatic carbocycles. The number of benzene rings is 2. The van der Waals surface area contributed by atoms with Crippen molar-refractivity contribution in [2.45, 2.75) is 92.4 Å². The third-order valence-electron chi connectivity index (χ3n) is 7.15. The normalized spacial score (nSPS) is 14.6. The highest BCUT2D eigenvalue weighted by molar-refractivity contribution is 6.02. The van der Waals surface area contributed by atoms with Crippen molar-refractivity contribution in [3.8, 4) is 11.1 Å². The summed E-state index contributed by atoms with van der Waals surface area (Å²) in [7, 11) is 0. The lowest BCUT2D eigenvalue weighted by Crippen LogP contribution is -2.33. The molecule has 1 unspecified atom stereocenters. The number of rotatable bonds is 9. The molecule has 1 atom stereocenters. The van der Waals surface area contributed by atoms with Crippen LogP contribution in [0.2, 0.25) is 0 Å². The van der Waals surface area contributed by atoms with Crippen molar-refractivity contribution in [2.24, 2.45) is 5.41 Å². The van der Waals surface area contributed by atoms with E-state index in [0.717, 1.165) is 23.1 Å². The Morgan fingerprint density at radius 1 is 0.932 bits per heavy atom. The monoisotopic (exact) mass is 603 g/mol. The highest BCUT2D eigenvalue weighted by Crippen LogP contribution is 2.35. The molecular formula is C34H41N3O7. The highest BCUT2D eigenvalue weighted by Gasteiger charge is 2.38. The third kappa shape index (κ3) is 7.24. The number of hydrogen-bond acceptors (Lipinski definition) is 8. The van der Waals surface area contributed by atoms with Crippen LogP contribution in [0, 0.1) is 5.41 Å². The van der Waals surface area contributed by atoms with Crippen LogP contribution >= 0.6 is 0 Å². The molecular weight excluding hydrogens is 562 g/mol. The maximum atomic E-state index is 13.6. The van der Waals surface area contributed by atoms with Gasteiger partial charge in [0.15, 0.2) is 5.69 Å². The Hall–Kier alpha value is -4.31. The maximum Gasteiger partial charge on any atom is 0.382 e. The summed E-state index contributed by atoms with van der Waals surface area (Å²) >= 11 is 0. The van der Waals surface area contributed by atoms with Crippen LogP contribution in [0.25, 0.3) is 11.1 Å². The Morgan fingerprint density at radius 2 is 1.55 bits per heavy atom. The summed E-state index contributed by atoms with van der Waals surface area (Å²) in [6.07, 6.45) is 0.0412. The van der Waals surface area contributed by atoms with Gasteiger partial charge in [-0.25, -0.2) is 14.6 Å². The second-order valence-corrected chi connectivity index (χ2v) is 13.1. The first kappa shape index (κ1) is 32.6. The average molecular weight is 604 g/mol. The molecule has 10 heteroatoms. The molecule has 1 aromatic heterocycles. The zero-order valence-corrected chi connectivity index (χ0v) is 26.5. The largest absolute Gasteiger partial charge is 0.456 e. The Bertz CT molecular complexity index is 1540. The number of nitrogens with zero attached hydrogens (tertiary/aromatic N) is 3. The van der Waals surface area contributed by atoms with Crippen LogP contribution < -0.4 is 0 Å². The molecule has 1 saturated heterocycles. The lowest BCUT2D eigenvalue weighted by molar-refractivity contribution is -0.172. The summed E-state index contributed by atoms with van der Waals surface area (Å²) < 4.78 is 7.29. The highest BCUT2D eigenvalue weighted by atomic mass is 16.7. The van der Waals surface area contributed by atoms with Crippen LogP contribution in [0.1, 0.15) is 112 Å². The summed E-state index contributed by atoms with van der Waals surface area (Å²) in [5, 5.41) is 11.8. The molecule has 0 saturated carbocycles. The number of hydroxylamine groups is 2. The van der Waals surface area contributed by atoms with Crippen LogP contribution in [0.4, 0.5) is 0 Å². The molecule has 3 aromatic rings. The van der Waals surface area contributed by atoms with Gasteiger partial charge in [-0.05, 0) is 55.4 Å². The van der Waals surface area contributed by atoms with E-state index in [0.29, 0.717) is 22.9 Å². The van der Waals surface area contributed by atoms with Gasteiger partial charge in [-0.3, -0.25) is 9.59 Å². The molecule has 1 N–H and O–H groups in total. The fourth-order valence-corrected chi connectivity index (χ4v) is 4.92. The van der Waals surface area contributed by atoms with E-state index in [2.05, 4.69) is 0 Å². The topological polar surface area (TPSA) is 128 Å². The Morgan fingerprint density at radius 3 is 2.11 bits per heavy atom. The second kappa shape index (κ2) is 12.7. The van der Waals surface area contributed by atoms with Crippen molar-refractivity contribution in [1.82, 2.24) is 14.6 Å². The standard InChI is InChI=1S/C34H41N3O7/c1-8-11-25-35-28(30(40)33(2,3)4)29(32(42)44-37-26(38)18-19-27(37)39)36(25)20-21-14-16-22(17-15-21)23-12-9-10-13-24(23)31(41)43-34(5,6)7/h9-10,12-17,30,40H,8,11,18-20H2,1-7H3. The summed E-state index contributed by atoms with van der Waals surface area (Å²) in [5.41, 5.74) is 1.62. The zero-order chi connectivity index (χ0) is 32.4. The first-order valence-electron chi connectivity index (χ1n) is 14.9. The summed E-state index contributed by atoms with van der Waals surface area (Å²) in [5.74, 6) is -1.98. The van der Waals surface area contributed by atoms with E-state index in [9.17, 15) is 24.3 Å². The molecule has 1 aliphatic rings. The minimum Gasteiger partial charge on any atom is -0.456 e. The number of esters is 1. The molecule has 0 bridgehead atoms. The summed E-state index contributed by atoms with van der Waals surface area (Å²) in [6, 6.07) is 14.8. The number of carbonyl (C=O) groups excluding carboxylic acids is 4. The number of hydrogen-bond donors (Lipinski definition) is 1. The quantitative estimate of drug-likeness (QED) is 0.240. The first-order chi connectivity index (χ1) is 20.6. The molecule has 0 spiro atoms. The number of imide groups is 1. The smallest absolute Gasteiger partial charge is 0.382 e. The molecule has 4 rings (SSSR count). The van der Waals surface area contributed by atoms with Crippen molar-refractivity contribution in [3.63, 3.8) is 0 Å². The van der Waals surface area contributed by atoms with E-state index in [1.54, 1.807) is 16.7 Å². The fourth-order valence-electron chi connectivity index (χ4n) is 4.92. The van der Waals surface area contributed by atoms with Crippen LogP contribution in [-0.4, -0.2) is 49.1 Å². The van der Waals surface area contributed by atoms with Gasteiger partial charge in [-0.2, -0.15) is 0 Å². The average Bonchev–Trinajstić information content (AvgIpc) is 3.46. The number of aliphatic hydroxyl groups excluding tert-OH is 1. The number of carbonyl (C=O) groups is 4. The van der Waals surface area contributed by atoms with E-state index in [1.807, 2.05) is 84.9 Å². The van der Waals surface area contributed by atoms with Gasteiger partial charge < -0.3 is 19.2 Å². The number of aliphatic hydroxyl groups is 1. The predicted octanol–water partition coefficient (Wildman–Crippen LogP) is 5.81. The predicted molar refractivity (Wildman–Crippen MR) is 163 cm³/mol. The Labute approximate surface area is 257 Å². The van der Waals surface area contributed by atoms with Crippen LogP contribution in [-0.2, 0) is 32.1 Å². The molecule has 1 aliphatic heterocycles. The van der Waals surface area contributed by atoms with E-state index >= 15 is 0 Å². The van der Waals surface area contributed by atoms with Crippen LogP contribution in [0.15, 0.2) is 48.5 Å². The Kier molecular flexibility index (Phi) is 9.44. The number of aryl methyl sites for hydroxylation is 1. The van der Waals surface area contributed by atoms with Crippen molar-refractivity contribution in [2.75, 3.05) is 0 Å². The minimum absolute atomic E-state index is 0.0114. The van der Waals surface area contributed by atoms with Crippen molar-refractivity contribution >= 4 is 23.8 Å². The third-order valence-corrected chi connectivity index (χ3v) is 7.15. The van der Waals surface area contributed by atoms with E-state index in [1.165, 1.54) is 0 Å². The molecule has 0 radical (unpaired) electrons. The van der Waals surface area contributed by atoms with Gasteiger partial charge in [0.2, 0.25) is 0 Å². The van der Waals surface area contributed by atoms with Crippen molar-refractivity contribution < 1.29 is 33.9 Å². The fraction of sp³-hybridized carbons (Fsp3) is 0.441. The van der Waals surface area contributed by atoms with E-state index in [4.69, 9.17) is 14.6 Å². The molecule has 1 fully saturated rings. The summed E-state index contributed by atoms with van der Waals surface area (Å²) in [4.78, 5) is 61.0. The van der Waals surface area contributed by atoms with Gasteiger partial charge in [0, 0.05) is 25.8 Å². The lowest BCUT2D eigenvalue weighted by atomic mass is 9.86. The van der Waals surface area contributed by atoms with E-state index < -0.39 is 40.9 Å². The van der Waals surface area contributed by atoms with Crippen LogP contribution in [0.5, 0.6) is 0 Å². The molecule has 2 aromatic carbocycles. The molecule has 2 amide bonds. The summed E-state index contributed by atoms with van der Waals surface area (Å²) in [6.45, 7) is 13.1. The molecule has 44 heavy (non-hydrogen) atoms. The number of aromatic nitrogens is 2. The molecule has 234 valence electrons. The number of ether oxygens (including phenoxy) is 1. The SMILES string of the molecule is CCCc1nc(C(O)C(C)(C)C)c(C(=O)ON2C(=O)CCC2=O)n1Cc1ccc(-c2ccccc2C(=O)OC(C)(C)C)cc1. The second-order valence-electron chi connectivity index (χ2n) is 13.1. The van der Waals surface area contributed by atoms with Crippen LogP contribution in [0.3, 0.4) is 0 Å². The number of imidazole rings is 1. The lowest BCUT2D eigenvalue weighted by Gasteiger charge is -2.25. The van der Waals surface area contributed by atoms with Gasteiger partial charge >= 0.3 is 11.9 Å². The van der Waals surface area contributed by atoms with Crippen molar-refractivity contribution in [1.29, 1.82) is 0 Å². The number of amides is 2. The Balaban J connectivity index is 1.73.